The highest BCUT2D eigenvalue weighted by Crippen LogP contribution is 2.21. The zero-order valence-corrected chi connectivity index (χ0v) is 11.7. The Kier molecular flexibility index (Phi) is 5.05. The smallest absolute Gasteiger partial charge is 0.422 e. The van der Waals surface area contributed by atoms with Gasteiger partial charge >= 0.3 is 6.18 Å². The van der Waals surface area contributed by atoms with Crippen molar-refractivity contribution < 1.29 is 27.6 Å². The molecule has 0 saturated heterocycles. The maximum absolute atomic E-state index is 12.0. The zero-order chi connectivity index (χ0) is 16.9. The topological polar surface area (TPSA) is 61.6 Å². The molecular formula is C15H12F3NO4. The zero-order valence-electron chi connectivity index (χ0n) is 11.7. The van der Waals surface area contributed by atoms with E-state index >= 15 is 0 Å². The first-order valence-corrected chi connectivity index (χ1v) is 6.49. The van der Waals surface area contributed by atoms with Crippen molar-refractivity contribution in [2.45, 2.75) is 12.8 Å². The van der Waals surface area contributed by atoms with Crippen LogP contribution in [-0.4, -0.2) is 17.7 Å². The highest BCUT2D eigenvalue weighted by molar-refractivity contribution is 5.36. The minimum absolute atomic E-state index is 0.0384. The van der Waals surface area contributed by atoms with Crippen LogP contribution in [0.15, 0.2) is 48.5 Å². The average Bonchev–Trinajstić information content (AvgIpc) is 2.51. The van der Waals surface area contributed by atoms with Gasteiger partial charge in [-0.05, 0) is 29.8 Å². The van der Waals surface area contributed by atoms with Crippen LogP contribution in [-0.2, 0) is 6.61 Å². The molecule has 0 aliphatic carbocycles. The van der Waals surface area contributed by atoms with E-state index in [1.54, 1.807) is 12.1 Å². The summed E-state index contributed by atoms with van der Waals surface area (Å²) in [6.45, 7) is -1.16. The molecule has 0 heterocycles. The van der Waals surface area contributed by atoms with Crippen LogP contribution in [0.2, 0.25) is 0 Å². The number of ether oxygens (including phenoxy) is 2. The van der Waals surface area contributed by atoms with Crippen LogP contribution in [0.5, 0.6) is 11.5 Å². The van der Waals surface area contributed by atoms with Gasteiger partial charge in [-0.3, -0.25) is 10.1 Å². The lowest BCUT2D eigenvalue weighted by atomic mass is 10.2. The summed E-state index contributed by atoms with van der Waals surface area (Å²) in [4.78, 5) is 10.0. The minimum Gasteiger partial charge on any atom is -0.489 e. The number of rotatable bonds is 6. The molecule has 0 atom stereocenters. The van der Waals surface area contributed by atoms with Crippen molar-refractivity contribution in [3.8, 4) is 11.5 Å². The third-order valence-corrected chi connectivity index (χ3v) is 2.78. The van der Waals surface area contributed by atoms with E-state index in [1.807, 2.05) is 0 Å². The van der Waals surface area contributed by atoms with Gasteiger partial charge in [-0.2, -0.15) is 13.2 Å². The molecule has 0 fully saturated rings. The number of nitro groups is 1. The number of nitrogens with zero attached hydrogens (tertiary/aromatic N) is 1. The number of benzene rings is 2. The Balaban J connectivity index is 1.87. The van der Waals surface area contributed by atoms with Crippen LogP contribution in [0.4, 0.5) is 18.9 Å². The Bertz CT molecular complexity index is 654. The van der Waals surface area contributed by atoms with Gasteiger partial charge in [0.05, 0.1) is 4.92 Å². The fourth-order valence-corrected chi connectivity index (χ4v) is 1.68. The van der Waals surface area contributed by atoms with E-state index in [0.717, 1.165) is 5.56 Å². The van der Waals surface area contributed by atoms with Crippen LogP contribution in [0.1, 0.15) is 5.56 Å². The Morgan fingerprint density at radius 2 is 1.43 bits per heavy atom. The summed E-state index contributed by atoms with van der Waals surface area (Å²) in [6, 6.07) is 11.6. The van der Waals surface area contributed by atoms with Gasteiger partial charge in [-0.25, -0.2) is 0 Å². The van der Waals surface area contributed by atoms with Crippen LogP contribution in [0, 0.1) is 10.1 Å². The van der Waals surface area contributed by atoms with Crippen molar-refractivity contribution in [2.24, 2.45) is 0 Å². The van der Waals surface area contributed by atoms with E-state index in [1.165, 1.54) is 36.4 Å². The molecule has 0 bridgehead atoms. The third-order valence-electron chi connectivity index (χ3n) is 2.78. The second-order valence-electron chi connectivity index (χ2n) is 4.59. The molecule has 5 nitrogen and oxygen atoms in total. The molecule has 0 aliphatic heterocycles. The first kappa shape index (κ1) is 16.6. The van der Waals surface area contributed by atoms with E-state index in [0.29, 0.717) is 5.75 Å². The van der Waals surface area contributed by atoms with Crippen LogP contribution < -0.4 is 9.47 Å². The summed E-state index contributed by atoms with van der Waals surface area (Å²) < 4.78 is 46.1. The molecule has 122 valence electrons. The summed E-state index contributed by atoms with van der Waals surface area (Å²) >= 11 is 0. The molecule has 23 heavy (non-hydrogen) atoms. The molecule has 0 radical (unpaired) electrons. The molecule has 8 heteroatoms. The first-order chi connectivity index (χ1) is 10.8. The third kappa shape index (κ3) is 5.50. The molecule has 2 rings (SSSR count). The fourth-order valence-electron chi connectivity index (χ4n) is 1.68. The highest BCUT2D eigenvalue weighted by atomic mass is 19.4. The largest absolute Gasteiger partial charge is 0.489 e. The molecule has 0 spiro atoms. The van der Waals surface area contributed by atoms with E-state index in [9.17, 15) is 23.3 Å². The van der Waals surface area contributed by atoms with Crippen molar-refractivity contribution in [2.75, 3.05) is 6.61 Å². The lowest BCUT2D eigenvalue weighted by Crippen LogP contribution is -2.19. The highest BCUT2D eigenvalue weighted by Gasteiger charge is 2.28. The monoisotopic (exact) mass is 327 g/mol. The van der Waals surface area contributed by atoms with E-state index in [-0.39, 0.29) is 18.0 Å². The Hall–Kier alpha value is -2.77. The van der Waals surface area contributed by atoms with E-state index < -0.39 is 17.7 Å². The second-order valence-corrected chi connectivity index (χ2v) is 4.59. The van der Waals surface area contributed by atoms with Crippen LogP contribution >= 0.6 is 0 Å². The SMILES string of the molecule is O=[N+]([O-])c1ccc(OCc2ccc(OCC(F)(F)F)cc2)cc1. The van der Waals surface area contributed by atoms with E-state index in [2.05, 4.69) is 4.74 Å². The van der Waals surface area contributed by atoms with Crippen molar-refractivity contribution in [1.82, 2.24) is 0 Å². The lowest BCUT2D eigenvalue weighted by Gasteiger charge is -2.10. The summed E-state index contributed by atoms with van der Waals surface area (Å²) in [6.07, 6.45) is -4.38. The summed E-state index contributed by atoms with van der Waals surface area (Å²) in [7, 11) is 0. The summed E-state index contributed by atoms with van der Waals surface area (Å²) in [5.74, 6) is 0.564. The number of alkyl halides is 3. The van der Waals surface area contributed by atoms with Gasteiger partial charge in [0.15, 0.2) is 6.61 Å². The van der Waals surface area contributed by atoms with Gasteiger partial charge in [0.25, 0.3) is 5.69 Å². The molecule has 0 amide bonds. The van der Waals surface area contributed by atoms with Gasteiger partial charge in [0.2, 0.25) is 0 Å². The molecule has 0 aliphatic rings. The van der Waals surface area contributed by atoms with Gasteiger partial charge in [-0.15, -0.1) is 0 Å². The first-order valence-electron chi connectivity index (χ1n) is 6.49. The van der Waals surface area contributed by atoms with Gasteiger partial charge in [-0.1, -0.05) is 12.1 Å². The van der Waals surface area contributed by atoms with E-state index in [4.69, 9.17) is 4.74 Å². The molecule has 0 aromatic heterocycles. The van der Waals surface area contributed by atoms with Gasteiger partial charge in [0, 0.05) is 12.1 Å². The number of hydrogen-bond acceptors (Lipinski definition) is 4. The quantitative estimate of drug-likeness (QED) is 0.591. The second kappa shape index (κ2) is 6.99. The lowest BCUT2D eigenvalue weighted by molar-refractivity contribution is -0.384. The predicted octanol–water partition coefficient (Wildman–Crippen LogP) is 4.11. The van der Waals surface area contributed by atoms with Crippen LogP contribution in [0.3, 0.4) is 0 Å². The standard InChI is InChI=1S/C15H12F3NO4/c16-15(17,18)10-23-14-5-1-11(2-6-14)9-22-13-7-3-12(4-8-13)19(20)21/h1-8H,9-10H2. The minimum atomic E-state index is -4.38. The van der Waals surface area contributed by atoms with Crippen molar-refractivity contribution in [3.63, 3.8) is 0 Å². The molecule has 2 aromatic carbocycles. The normalized spacial score (nSPS) is 11.1. The molecule has 0 N–H and O–H groups in total. The Labute approximate surface area is 129 Å². The van der Waals surface area contributed by atoms with Crippen molar-refractivity contribution in [3.05, 3.63) is 64.2 Å². The molecule has 0 saturated carbocycles. The van der Waals surface area contributed by atoms with Gasteiger partial charge in [0.1, 0.15) is 18.1 Å². The fraction of sp³-hybridized carbons (Fsp3) is 0.200. The van der Waals surface area contributed by atoms with Gasteiger partial charge < -0.3 is 9.47 Å². The molecule has 2 aromatic rings. The van der Waals surface area contributed by atoms with Crippen LogP contribution in [0.25, 0.3) is 0 Å². The summed E-state index contributed by atoms with van der Waals surface area (Å²) in [5, 5.41) is 10.5. The molecule has 0 unspecified atom stereocenters. The number of hydrogen-bond donors (Lipinski definition) is 0. The maximum atomic E-state index is 12.0. The number of non-ortho nitro benzene ring substituents is 1. The predicted molar refractivity (Wildman–Crippen MR) is 75.4 cm³/mol. The van der Waals surface area contributed by atoms with Crippen molar-refractivity contribution >= 4 is 5.69 Å². The Morgan fingerprint density at radius 3 is 1.96 bits per heavy atom. The number of halogens is 3. The maximum Gasteiger partial charge on any atom is 0.422 e. The number of nitro benzene ring substituents is 1. The Morgan fingerprint density at radius 1 is 0.913 bits per heavy atom. The summed E-state index contributed by atoms with van der Waals surface area (Å²) in [5.41, 5.74) is 0.686. The van der Waals surface area contributed by atoms with Crippen molar-refractivity contribution in [1.29, 1.82) is 0 Å². The average molecular weight is 327 g/mol. The molecular weight excluding hydrogens is 315 g/mol.